The molecule has 0 spiro atoms. The number of hydrogen-bond acceptors (Lipinski definition) is 3. The average molecular weight is 364 g/mol. The van der Waals surface area contributed by atoms with Crippen molar-refractivity contribution in [3.05, 3.63) is 58.7 Å². The van der Waals surface area contributed by atoms with Gasteiger partial charge in [0.1, 0.15) is 5.58 Å². The van der Waals surface area contributed by atoms with Gasteiger partial charge in [0, 0.05) is 29.1 Å². The summed E-state index contributed by atoms with van der Waals surface area (Å²) in [4.78, 5) is 12.5. The highest BCUT2D eigenvalue weighted by molar-refractivity contribution is 7.97. The molecule has 1 aromatic heterocycles. The van der Waals surface area contributed by atoms with E-state index in [0.29, 0.717) is 5.09 Å². The van der Waals surface area contributed by atoms with Gasteiger partial charge in [-0.25, -0.2) is 4.79 Å². The normalized spacial score (nSPS) is 15.1. The van der Waals surface area contributed by atoms with E-state index in [-0.39, 0.29) is 6.03 Å². The van der Waals surface area contributed by atoms with Gasteiger partial charge in [-0.2, -0.15) is 0 Å². The van der Waals surface area contributed by atoms with Crippen LogP contribution in [0.4, 0.5) is 10.5 Å². The summed E-state index contributed by atoms with van der Waals surface area (Å²) in [5.74, 6) is 0. The lowest BCUT2D eigenvalue weighted by Crippen LogP contribution is -2.24. The summed E-state index contributed by atoms with van der Waals surface area (Å²) >= 11 is 1.21. The van der Waals surface area contributed by atoms with Gasteiger partial charge in [0.05, 0.1) is 0 Å². The van der Waals surface area contributed by atoms with Crippen LogP contribution in [0, 0.1) is 0 Å². The number of benzene rings is 2. The van der Waals surface area contributed by atoms with Crippen molar-refractivity contribution < 1.29 is 9.21 Å². The van der Waals surface area contributed by atoms with E-state index < -0.39 is 0 Å². The second-order valence-electron chi connectivity index (χ2n) is 7.00. The molecular formula is C21H20N2O2S. The molecule has 0 bridgehead atoms. The Hall–Kier alpha value is -2.40. The number of urea groups is 1. The van der Waals surface area contributed by atoms with Crippen molar-refractivity contribution in [2.24, 2.45) is 0 Å². The number of para-hydroxylation sites is 1. The van der Waals surface area contributed by atoms with Gasteiger partial charge in [-0.3, -0.25) is 4.72 Å². The van der Waals surface area contributed by atoms with Crippen LogP contribution in [0.1, 0.15) is 35.1 Å². The molecule has 0 fully saturated rings. The van der Waals surface area contributed by atoms with E-state index in [2.05, 4.69) is 16.1 Å². The third kappa shape index (κ3) is 2.76. The highest BCUT2D eigenvalue weighted by Crippen LogP contribution is 2.38. The van der Waals surface area contributed by atoms with E-state index in [4.69, 9.17) is 4.42 Å². The minimum Gasteiger partial charge on any atom is -0.448 e. The predicted molar refractivity (Wildman–Crippen MR) is 105 cm³/mol. The Kier molecular flexibility index (Phi) is 3.89. The van der Waals surface area contributed by atoms with Crippen molar-refractivity contribution in [1.82, 2.24) is 4.72 Å². The van der Waals surface area contributed by atoms with E-state index in [1.807, 2.05) is 30.3 Å². The Morgan fingerprint density at radius 1 is 0.962 bits per heavy atom. The summed E-state index contributed by atoms with van der Waals surface area (Å²) in [6.07, 6.45) is 6.76. The van der Waals surface area contributed by atoms with E-state index >= 15 is 0 Å². The van der Waals surface area contributed by atoms with Crippen molar-refractivity contribution in [1.29, 1.82) is 0 Å². The Labute approximate surface area is 156 Å². The van der Waals surface area contributed by atoms with E-state index in [1.54, 1.807) is 0 Å². The molecule has 26 heavy (non-hydrogen) atoms. The molecule has 0 saturated heterocycles. The molecule has 0 unspecified atom stereocenters. The zero-order valence-corrected chi connectivity index (χ0v) is 15.2. The number of carbonyl (C=O) groups is 1. The average Bonchev–Trinajstić information content (AvgIpc) is 3.37. The van der Waals surface area contributed by atoms with Crippen LogP contribution in [0.5, 0.6) is 0 Å². The second kappa shape index (κ2) is 6.40. The lowest BCUT2D eigenvalue weighted by atomic mass is 9.99. The largest absolute Gasteiger partial charge is 0.448 e. The van der Waals surface area contributed by atoms with Gasteiger partial charge in [0.25, 0.3) is 0 Å². The lowest BCUT2D eigenvalue weighted by Gasteiger charge is -2.16. The molecule has 2 aliphatic rings. The van der Waals surface area contributed by atoms with Crippen LogP contribution < -0.4 is 10.0 Å². The quantitative estimate of drug-likeness (QED) is 0.625. The van der Waals surface area contributed by atoms with Gasteiger partial charge in [0.2, 0.25) is 0 Å². The summed E-state index contributed by atoms with van der Waals surface area (Å²) < 4.78 is 8.60. The van der Waals surface area contributed by atoms with Crippen molar-refractivity contribution in [3.8, 4) is 0 Å². The predicted octanol–water partition coefficient (Wildman–Crippen LogP) is 5.24. The number of carbonyl (C=O) groups excluding carboxylic acids is 1. The molecule has 0 aliphatic heterocycles. The molecule has 5 rings (SSSR count). The number of aryl methyl sites for hydroxylation is 2. The highest BCUT2D eigenvalue weighted by atomic mass is 32.2. The zero-order valence-electron chi connectivity index (χ0n) is 14.4. The number of hydrogen-bond donors (Lipinski definition) is 2. The van der Waals surface area contributed by atoms with E-state index in [9.17, 15) is 4.79 Å². The van der Waals surface area contributed by atoms with E-state index in [1.165, 1.54) is 47.0 Å². The Morgan fingerprint density at radius 3 is 2.42 bits per heavy atom. The number of furan rings is 1. The molecule has 3 aromatic rings. The minimum absolute atomic E-state index is 0.190. The Balaban J connectivity index is 1.33. The van der Waals surface area contributed by atoms with Crippen LogP contribution >= 0.6 is 11.9 Å². The monoisotopic (exact) mass is 364 g/mol. The molecule has 0 radical (unpaired) electrons. The molecule has 5 heteroatoms. The first-order chi connectivity index (χ1) is 12.8. The fraction of sp³-hybridized carbons (Fsp3) is 0.286. The van der Waals surface area contributed by atoms with Gasteiger partial charge in [-0.1, -0.05) is 24.3 Å². The number of nitrogens with one attached hydrogen (secondary N) is 2. The maximum absolute atomic E-state index is 12.5. The van der Waals surface area contributed by atoms with Crippen LogP contribution in [0.15, 0.2) is 45.9 Å². The number of fused-ring (bicyclic) bond motifs is 3. The van der Waals surface area contributed by atoms with Gasteiger partial charge < -0.3 is 9.73 Å². The third-order valence-electron chi connectivity index (χ3n) is 5.36. The van der Waals surface area contributed by atoms with Gasteiger partial charge in [0.15, 0.2) is 5.09 Å². The van der Waals surface area contributed by atoms with Crippen LogP contribution in [-0.2, 0) is 25.7 Å². The molecule has 0 atom stereocenters. The topological polar surface area (TPSA) is 54.3 Å². The van der Waals surface area contributed by atoms with Crippen molar-refractivity contribution in [2.75, 3.05) is 5.32 Å². The van der Waals surface area contributed by atoms with Crippen LogP contribution in [-0.4, -0.2) is 6.03 Å². The van der Waals surface area contributed by atoms with Crippen LogP contribution in [0.25, 0.3) is 11.0 Å². The molecule has 132 valence electrons. The molecule has 2 N–H and O–H groups in total. The van der Waals surface area contributed by atoms with Gasteiger partial charge in [-0.15, -0.1) is 0 Å². The number of rotatable bonds is 3. The maximum Gasteiger partial charge on any atom is 0.329 e. The lowest BCUT2D eigenvalue weighted by molar-refractivity contribution is 0.257. The molecule has 2 amide bonds. The van der Waals surface area contributed by atoms with Crippen molar-refractivity contribution in [3.63, 3.8) is 0 Å². The van der Waals surface area contributed by atoms with E-state index in [0.717, 1.165) is 42.3 Å². The highest BCUT2D eigenvalue weighted by Gasteiger charge is 2.25. The number of amides is 2. The van der Waals surface area contributed by atoms with Gasteiger partial charge >= 0.3 is 6.03 Å². The molecule has 1 heterocycles. The molecule has 2 aliphatic carbocycles. The molecule has 2 aromatic carbocycles. The zero-order chi connectivity index (χ0) is 17.5. The first-order valence-electron chi connectivity index (χ1n) is 9.17. The maximum atomic E-state index is 12.5. The summed E-state index contributed by atoms with van der Waals surface area (Å²) in [6, 6.07) is 12.0. The first kappa shape index (κ1) is 15.8. The number of anilines is 1. The summed E-state index contributed by atoms with van der Waals surface area (Å²) in [5.41, 5.74) is 7.42. The smallest absolute Gasteiger partial charge is 0.329 e. The van der Waals surface area contributed by atoms with Crippen molar-refractivity contribution in [2.45, 2.75) is 43.6 Å². The SMILES string of the molecule is O=C(NSc1cc2ccccc2o1)Nc1c2c(cc3c1CCC3)CCC2. The molecule has 4 nitrogen and oxygen atoms in total. The summed E-state index contributed by atoms with van der Waals surface area (Å²) in [6.45, 7) is 0. The Bertz CT molecular complexity index is 943. The molecular weight excluding hydrogens is 344 g/mol. The van der Waals surface area contributed by atoms with Crippen molar-refractivity contribution >= 4 is 34.6 Å². The standard InChI is InChI=1S/C21H20N2O2S/c24-21(23-26-19-12-15-5-1-2-10-18(15)25-19)22-20-16-8-3-6-13(16)11-14-7-4-9-17(14)20/h1-2,5,10-12H,3-4,6-9H2,(H2,22,23,24). The third-order valence-corrected chi connectivity index (χ3v) is 6.05. The fourth-order valence-corrected chi connectivity index (χ4v) is 4.77. The second-order valence-corrected chi connectivity index (χ2v) is 7.81. The first-order valence-corrected chi connectivity index (χ1v) is 9.98. The summed E-state index contributed by atoms with van der Waals surface area (Å²) in [5, 5.41) is 4.86. The molecule has 0 saturated carbocycles. The van der Waals surface area contributed by atoms with Gasteiger partial charge in [-0.05, 0) is 66.8 Å². The fourth-order valence-electron chi connectivity index (χ4n) is 4.21. The van der Waals surface area contributed by atoms with Crippen LogP contribution in [0.2, 0.25) is 0 Å². The summed E-state index contributed by atoms with van der Waals surface area (Å²) in [7, 11) is 0. The van der Waals surface area contributed by atoms with Crippen LogP contribution in [0.3, 0.4) is 0 Å². The Morgan fingerprint density at radius 2 is 1.69 bits per heavy atom. The minimum atomic E-state index is -0.190.